The van der Waals surface area contributed by atoms with Gasteiger partial charge in [-0.25, -0.2) is 4.98 Å². The maximum absolute atomic E-state index is 12.8. The fourth-order valence-corrected chi connectivity index (χ4v) is 2.47. The van der Waals surface area contributed by atoms with E-state index < -0.39 is 11.7 Å². The van der Waals surface area contributed by atoms with E-state index in [2.05, 4.69) is 10.3 Å². The zero-order valence-electron chi connectivity index (χ0n) is 11.6. The van der Waals surface area contributed by atoms with Crippen molar-refractivity contribution in [2.24, 2.45) is 5.92 Å². The summed E-state index contributed by atoms with van der Waals surface area (Å²) in [4.78, 5) is 17.3. The van der Waals surface area contributed by atoms with E-state index in [0.717, 1.165) is 18.6 Å². The molecule has 0 aromatic carbocycles. The summed E-state index contributed by atoms with van der Waals surface area (Å²) in [5.74, 6) is -0.376. The maximum atomic E-state index is 12.8. The molecule has 5 nitrogen and oxygen atoms in total. The molecule has 1 aliphatic rings. The monoisotopic (exact) mass is 302 g/mol. The highest BCUT2D eigenvalue weighted by Gasteiger charge is 2.33. The van der Waals surface area contributed by atoms with Crippen molar-refractivity contribution in [1.29, 1.82) is 0 Å². The molecule has 1 aliphatic heterocycles. The molecule has 2 rings (SSSR count). The Balaban J connectivity index is 2.25. The lowest BCUT2D eigenvalue weighted by atomic mass is 9.97. The van der Waals surface area contributed by atoms with Gasteiger partial charge in [0.2, 0.25) is 5.91 Å². The van der Waals surface area contributed by atoms with Gasteiger partial charge in [0.15, 0.2) is 0 Å². The number of pyridine rings is 1. The number of piperidine rings is 1. The van der Waals surface area contributed by atoms with E-state index in [4.69, 9.17) is 5.73 Å². The minimum Gasteiger partial charge on any atom is -0.384 e. The van der Waals surface area contributed by atoms with Crippen LogP contribution < -0.4 is 16.0 Å². The third-order valence-corrected chi connectivity index (χ3v) is 3.52. The van der Waals surface area contributed by atoms with Crippen molar-refractivity contribution in [2.45, 2.75) is 19.0 Å². The summed E-state index contributed by atoms with van der Waals surface area (Å²) in [7, 11) is 1.54. The number of nitrogens with one attached hydrogen (secondary N) is 1. The van der Waals surface area contributed by atoms with Crippen molar-refractivity contribution in [3.8, 4) is 0 Å². The molecule has 0 radical (unpaired) electrons. The second kappa shape index (κ2) is 5.79. The van der Waals surface area contributed by atoms with Crippen LogP contribution in [0.1, 0.15) is 18.4 Å². The Morgan fingerprint density at radius 3 is 2.81 bits per heavy atom. The van der Waals surface area contributed by atoms with Crippen LogP contribution in [0.4, 0.5) is 24.8 Å². The Morgan fingerprint density at radius 2 is 2.19 bits per heavy atom. The van der Waals surface area contributed by atoms with Crippen LogP contribution in [0.15, 0.2) is 12.1 Å². The van der Waals surface area contributed by atoms with Crippen LogP contribution in [0, 0.1) is 5.92 Å². The van der Waals surface area contributed by atoms with Gasteiger partial charge in [-0.15, -0.1) is 0 Å². The number of carbonyl (C=O) groups excluding carboxylic acids is 1. The molecule has 8 heteroatoms. The summed E-state index contributed by atoms with van der Waals surface area (Å²) in [6.07, 6.45) is -3.04. The molecule has 116 valence electrons. The number of aromatic nitrogens is 1. The third kappa shape index (κ3) is 3.56. The normalized spacial score (nSPS) is 19.4. The van der Waals surface area contributed by atoms with E-state index in [0.29, 0.717) is 19.5 Å². The van der Waals surface area contributed by atoms with Crippen LogP contribution in [0.25, 0.3) is 0 Å². The first kappa shape index (κ1) is 15.4. The minimum atomic E-state index is -4.47. The molecule has 1 fully saturated rings. The van der Waals surface area contributed by atoms with Gasteiger partial charge in [-0.05, 0) is 25.0 Å². The molecule has 0 bridgehead atoms. The Hall–Kier alpha value is -1.99. The van der Waals surface area contributed by atoms with Gasteiger partial charge in [-0.1, -0.05) is 0 Å². The molecule has 1 saturated heterocycles. The van der Waals surface area contributed by atoms with E-state index >= 15 is 0 Å². The number of alkyl halides is 3. The lowest BCUT2D eigenvalue weighted by Crippen LogP contribution is -2.42. The van der Waals surface area contributed by atoms with Crippen LogP contribution in [-0.2, 0) is 11.0 Å². The fourth-order valence-electron chi connectivity index (χ4n) is 2.47. The Morgan fingerprint density at radius 1 is 1.48 bits per heavy atom. The lowest BCUT2D eigenvalue weighted by Gasteiger charge is -2.33. The van der Waals surface area contributed by atoms with Crippen LogP contribution in [0.5, 0.6) is 0 Å². The Bertz CT molecular complexity index is 533. The van der Waals surface area contributed by atoms with Crippen LogP contribution in [-0.4, -0.2) is 31.0 Å². The van der Waals surface area contributed by atoms with Gasteiger partial charge >= 0.3 is 6.18 Å². The van der Waals surface area contributed by atoms with E-state index in [1.165, 1.54) is 0 Å². The van der Waals surface area contributed by atoms with Crippen molar-refractivity contribution in [3.63, 3.8) is 0 Å². The first-order valence-electron chi connectivity index (χ1n) is 6.62. The zero-order chi connectivity index (χ0) is 15.6. The average Bonchev–Trinajstić information content (AvgIpc) is 2.45. The summed E-state index contributed by atoms with van der Waals surface area (Å²) in [6.45, 7) is 0.897. The van der Waals surface area contributed by atoms with Crippen molar-refractivity contribution >= 4 is 17.5 Å². The van der Waals surface area contributed by atoms with E-state index in [-0.39, 0.29) is 23.5 Å². The summed E-state index contributed by atoms with van der Waals surface area (Å²) < 4.78 is 38.4. The number of hydrogen-bond donors (Lipinski definition) is 2. The van der Waals surface area contributed by atoms with Crippen molar-refractivity contribution in [3.05, 3.63) is 17.7 Å². The molecule has 1 atom stereocenters. The molecule has 1 amide bonds. The highest BCUT2D eigenvalue weighted by atomic mass is 19.4. The molecule has 0 spiro atoms. The second-order valence-electron chi connectivity index (χ2n) is 5.04. The number of nitrogens with zero attached hydrogens (tertiary/aromatic N) is 2. The van der Waals surface area contributed by atoms with Gasteiger partial charge < -0.3 is 16.0 Å². The number of nitrogen functional groups attached to an aromatic ring is 1. The van der Waals surface area contributed by atoms with Gasteiger partial charge in [-0.3, -0.25) is 4.79 Å². The number of anilines is 2. The van der Waals surface area contributed by atoms with Gasteiger partial charge in [0, 0.05) is 20.1 Å². The standard InChI is InChI=1S/C13H17F3N4O/c1-18-12(21)8-3-2-4-20(7-8)11-6-9(13(14,15)16)5-10(17)19-11/h5-6,8H,2-4,7H2,1H3,(H2,17,19)(H,18,21). The Labute approximate surface area is 120 Å². The van der Waals surface area contributed by atoms with Crippen molar-refractivity contribution < 1.29 is 18.0 Å². The molecule has 1 aromatic heterocycles. The Kier molecular flexibility index (Phi) is 4.24. The SMILES string of the molecule is CNC(=O)C1CCCN(c2cc(C(F)(F)F)cc(N)n2)C1. The third-order valence-electron chi connectivity index (χ3n) is 3.52. The molecule has 1 aromatic rings. The molecule has 3 N–H and O–H groups in total. The topological polar surface area (TPSA) is 71.2 Å². The van der Waals surface area contributed by atoms with Crippen LogP contribution in [0.2, 0.25) is 0 Å². The van der Waals surface area contributed by atoms with Crippen molar-refractivity contribution in [1.82, 2.24) is 10.3 Å². The predicted octanol–water partition coefficient (Wildman–Crippen LogP) is 1.64. The fraction of sp³-hybridized carbons (Fsp3) is 0.538. The van der Waals surface area contributed by atoms with E-state index in [9.17, 15) is 18.0 Å². The summed E-state index contributed by atoms with van der Waals surface area (Å²) in [5.41, 5.74) is 4.64. The van der Waals surface area contributed by atoms with Gasteiger partial charge in [0.25, 0.3) is 0 Å². The number of rotatable bonds is 2. The average molecular weight is 302 g/mol. The quantitative estimate of drug-likeness (QED) is 0.871. The summed E-state index contributed by atoms with van der Waals surface area (Å²) >= 11 is 0. The first-order chi connectivity index (χ1) is 9.81. The smallest absolute Gasteiger partial charge is 0.384 e. The van der Waals surface area contributed by atoms with Crippen LogP contribution >= 0.6 is 0 Å². The summed E-state index contributed by atoms with van der Waals surface area (Å²) in [6, 6.07) is 1.78. The molecule has 0 aliphatic carbocycles. The molecule has 0 saturated carbocycles. The highest BCUT2D eigenvalue weighted by molar-refractivity contribution is 5.79. The van der Waals surface area contributed by atoms with Gasteiger partial charge in [-0.2, -0.15) is 13.2 Å². The van der Waals surface area contributed by atoms with E-state index in [1.807, 2.05) is 0 Å². The van der Waals surface area contributed by atoms with E-state index in [1.54, 1.807) is 11.9 Å². The predicted molar refractivity (Wildman–Crippen MR) is 72.7 cm³/mol. The molecular formula is C13H17F3N4O. The molecule has 2 heterocycles. The molecule has 1 unspecified atom stereocenters. The minimum absolute atomic E-state index is 0.111. The molecular weight excluding hydrogens is 285 g/mol. The highest BCUT2D eigenvalue weighted by Crippen LogP contribution is 2.33. The summed E-state index contributed by atoms with van der Waals surface area (Å²) in [5, 5.41) is 2.56. The second-order valence-corrected chi connectivity index (χ2v) is 5.04. The number of carbonyl (C=O) groups is 1. The zero-order valence-corrected chi connectivity index (χ0v) is 11.6. The first-order valence-corrected chi connectivity index (χ1v) is 6.62. The largest absolute Gasteiger partial charge is 0.416 e. The molecule has 21 heavy (non-hydrogen) atoms. The van der Waals surface area contributed by atoms with Crippen molar-refractivity contribution in [2.75, 3.05) is 30.8 Å². The number of amides is 1. The number of hydrogen-bond acceptors (Lipinski definition) is 4. The number of halogens is 3. The van der Waals surface area contributed by atoms with Gasteiger partial charge in [0.05, 0.1) is 11.5 Å². The van der Waals surface area contributed by atoms with Gasteiger partial charge in [0.1, 0.15) is 11.6 Å². The lowest BCUT2D eigenvalue weighted by molar-refractivity contribution is -0.137. The number of nitrogens with two attached hydrogens (primary N) is 1. The van der Waals surface area contributed by atoms with Crippen LogP contribution in [0.3, 0.4) is 0 Å². The maximum Gasteiger partial charge on any atom is 0.416 e.